The molecule has 21 heavy (non-hydrogen) atoms. The molecular formula is C14H17N3O3S. The second-order valence-corrected chi connectivity index (χ2v) is 5.15. The molecule has 6 nitrogen and oxygen atoms in total. The summed E-state index contributed by atoms with van der Waals surface area (Å²) >= 11 is 1.60. The normalized spacial score (nSPS) is 10.1. The summed E-state index contributed by atoms with van der Waals surface area (Å²) in [5.41, 5.74) is 0.609. The molecule has 0 saturated carbocycles. The van der Waals surface area contributed by atoms with E-state index in [1.165, 1.54) is 0 Å². The predicted molar refractivity (Wildman–Crippen MR) is 81.8 cm³/mol. The largest absolute Gasteiger partial charge is 0.475 e. The molecule has 112 valence electrons. The molecule has 2 aromatic heterocycles. The zero-order valence-electron chi connectivity index (χ0n) is 11.7. The summed E-state index contributed by atoms with van der Waals surface area (Å²) in [5.74, 6) is 0.497. The van der Waals surface area contributed by atoms with Gasteiger partial charge in [-0.3, -0.25) is 0 Å². The minimum atomic E-state index is -0.266. The quantitative estimate of drug-likeness (QED) is 0.771. The Morgan fingerprint density at radius 3 is 2.90 bits per heavy atom. The number of carbonyl (C=O) groups is 1. The minimum Gasteiger partial charge on any atom is -0.475 e. The molecule has 0 spiro atoms. The van der Waals surface area contributed by atoms with E-state index in [0.717, 1.165) is 4.88 Å². The number of hydrogen-bond donors (Lipinski definition) is 2. The molecule has 2 heterocycles. The van der Waals surface area contributed by atoms with Crippen molar-refractivity contribution < 1.29 is 14.3 Å². The van der Waals surface area contributed by atoms with Crippen LogP contribution in [0.25, 0.3) is 0 Å². The van der Waals surface area contributed by atoms with Crippen molar-refractivity contribution in [2.75, 3.05) is 25.6 Å². The number of amides is 2. The summed E-state index contributed by atoms with van der Waals surface area (Å²) in [4.78, 5) is 16.9. The lowest BCUT2D eigenvalue weighted by molar-refractivity contribution is 0.144. The van der Waals surface area contributed by atoms with Gasteiger partial charge < -0.3 is 20.1 Å². The topological polar surface area (TPSA) is 72.5 Å². The van der Waals surface area contributed by atoms with Crippen LogP contribution in [0.4, 0.5) is 10.5 Å². The number of methoxy groups -OCH3 is 1. The van der Waals surface area contributed by atoms with E-state index in [1.54, 1.807) is 36.8 Å². The average molecular weight is 307 g/mol. The number of nitrogens with zero attached hydrogens (tertiary/aromatic N) is 1. The van der Waals surface area contributed by atoms with Crippen molar-refractivity contribution in [1.29, 1.82) is 0 Å². The number of nitrogens with one attached hydrogen (secondary N) is 2. The summed E-state index contributed by atoms with van der Waals surface area (Å²) in [6.07, 6.45) is 1.55. The van der Waals surface area contributed by atoms with Crippen molar-refractivity contribution in [2.24, 2.45) is 0 Å². The molecule has 2 amide bonds. The maximum Gasteiger partial charge on any atom is 0.319 e. The molecule has 0 aliphatic carbocycles. The molecule has 0 aliphatic heterocycles. The van der Waals surface area contributed by atoms with Crippen LogP contribution in [0.3, 0.4) is 0 Å². The van der Waals surface area contributed by atoms with Gasteiger partial charge in [0.25, 0.3) is 0 Å². The van der Waals surface area contributed by atoms with Crippen molar-refractivity contribution in [3.63, 3.8) is 0 Å². The van der Waals surface area contributed by atoms with Crippen LogP contribution in [0, 0.1) is 0 Å². The van der Waals surface area contributed by atoms with E-state index in [9.17, 15) is 4.79 Å². The van der Waals surface area contributed by atoms with Gasteiger partial charge in [0.05, 0.1) is 25.0 Å². The lowest BCUT2D eigenvalue weighted by Crippen LogP contribution is -2.27. The molecule has 0 bridgehead atoms. The number of rotatable bonds is 7. The molecule has 0 atom stereocenters. The Morgan fingerprint density at radius 2 is 2.24 bits per heavy atom. The zero-order valence-corrected chi connectivity index (χ0v) is 12.5. The lowest BCUT2D eigenvalue weighted by Gasteiger charge is -2.08. The summed E-state index contributed by atoms with van der Waals surface area (Å²) in [6.45, 7) is 1.46. The second-order valence-electron chi connectivity index (χ2n) is 4.11. The summed E-state index contributed by atoms with van der Waals surface area (Å²) < 4.78 is 10.2. The number of carbonyl (C=O) groups excluding carboxylic acids is 1. The van der Waals surface area contributed by atoms with Crippen LogP contribution >= 0.6 is 11.3 Å². The van der Waals surface area contributed by atoms with E-state index < -0.39 is 0 Å². The smallest absolute Gasteiger partial charge is 0.319 e. The van der Waals surface area contributed by atoms with E-state index in [2.05, 4.69) is 15.6 Å². The summed E-state index contributed by atoms with van der Waals surface area (Å²) in [5, 5.41) is 7.46. The Balaban J connectivity index is 1.75. The molecule has 0 saturated heterocycles. The summed E-state index contributed by atoms with van der Waals surface area (Å²) in [6, 6.07) is 7.09. The standard InChI is InChI=1S/C14H17N3O3S/c1-19-6-7-20-13-5-4-11(9-15-13)17-14(18)16-10-12-3-2-8-21-12/h2-5,8-9H,6-7,10H2,1H3,(H2,16,17,18). The van der Waals surface area contributed by atoms with Gasteiger partial charge >= 0.3 is 6.03 Å². The number of anilines is 1. The van der Waals surface area contributed by atoms with Crippen molar-refractivity contribution in [3.8, 4) is 5.88 Å². The average Bonchev–Trinajstić information content (AvgIpc) is 3.01. The van der Waals surface area contributed by atoms with Crippen molar-refractivity contribution in [3.05, 3.63) is 40.7 Å². The fourth-order valence-corrected chi connectivity index (χ4v) is 2.17. The third-order valence-corrected chi connectivity index (χ3v) is 3.41. The Bertz CT molecular complexity index is 543. The first-order chi connectivity index (χ1) is 10.3. The molecule has 7 heteroatoms. The number of ether oxygens (including phenoxy) is 2. The van der Waals surface area contributed by atoms with Gasteiger partial charge in [0.1, 0.15) is 6.61 Å². The van der Waals surface area contributed by atoms with Gasteiger partial charge in [-0.2, -0.15) is 0 Å². The Labute approximate surface area is 127 Å². The van der Waals surface area contributed by atoms with Crippen LogP contribution in [-0.4, -0.2) is 31.3 Å². The maximum absolute atomic E-state index is 11.7. The fourth-order valence-electron chi connectivity index (χ4n) is 1.53. The number of pyridine rings is 1. The molecule has 0 radical (unpaired) electrons. The van der Waals surface area contributed by atoms with Crippen molar-refractivity contribution in [2.45, 2.75) is 6.54 Å². The van der Waals surface area contributed by atoms with Crippen molar-refractivity contribution in [1.82, 2.24) is 10.3 Å². The van der Waals surface area contributed by atoms with E-state index in [-0.39, 0.29) is 6.03 Å². The van der Waals surface area contributed by atoms with Crippen LogP contribution in [0.5, 0.6) is 5.88 Å². The Kier molecular flexibility index (Phi) is 5.99. The first-order valence-corrected chi connectivity index (χ1v) is 7.31. The van der Waals surface area contributed by atoms with Gasteiger partial charge in [0.15, 0.2) is 0 Å². The molecule has 0 aliphatic rings. The molecule has 0 fully saturated rings. The van der Waals surface area contributed by atoms with Crippen LogP contribution in [0.2, 0.25) is 0 Å². The highest BCUT2D eigenvalue weighted by atomic mass is 32.1. The molecule has 2 aromatic rings. The van der Waals surface area contributed by atoms with Gasteiger partial charge in [-0.25, -0.2) is 9.78 Å². The van der Waals surface area contributed by atoms with E-state index in [1.807, 2.05) is 17.5 Å². The molecule has 0 aromatic carbocycles. The third-order valence-electron chi connectivity index (χ3n) is 2.53. The SMILES string of the molecule is COCCOc1ccc(NC(=O)NCc2cccs2)cn1. The van der Waals surface area contributed by atoms with Crippen LogP contribution in [0.1, 0.15) is 4.88 Å². The monoisotopic (exact) mass is 307 g/mol. The van der Waals surface area contributed by atoms with E-state index >= 15 is 0 Å². The van der Waals surface area contributed by atoms with Crippen LogP contribution in [0.15, 0.2) is 35.8 Å². The third kappa shape index (κ3) is 5.41. The van der Waals surface area contributed by atoms with Crippen LogP contribution in [-0.2, 0) is 11.3 Å². The zero-order chi connectivity index (χ0) is 14.9. The van der Waals surface area contributed by atoms with Crippen molar-refractivity contribution >= 4 is 23.1 Å². The molecule has 0 unspecified atom stereocenters. The lowest BCUT2D eigenvalue weighted by atomic mass is 10.4. The fraction of sp³-hybridized carbons (Fsp3) is 0.286. The number of aromatic nitrogens is 1. The molecule has 2 rings (SSSR count). The highest BCUT2D eigenvalue weighted by molar-refractivity contribution is 7.09. The second kappa shape index (κ2) is 8.23. The number of urea groups is 1. The summed E-state index contributed by atoms with van der Waals surface area (Å²) in [7, 11) is 1.61. The highest BCUT2D eigenvalue weighted by Crippen LogP contribution is 2.12. The van der Waals surface area contributed by atoms with Gasteiger partial charge in [-0.1, -0.05) is 6.07 Å². The Morgan fingerprint density at radius 1 is 1.33 bits per heavy atom. The number of thiophene rings is 1. The van der Waals surface area contributed by atoms with E-state index in [0.29, 0.717) is 31.3 Å². The first-order valence-electron chi connectivity index (χ1n) is 6.43. The van der Waals surface area contributed by atoms with Gasteiger partial charge in [0, 0.05) is 18.1 Å². The predicted octanol–water partition coefficient (Wildman–Crippen LogP) is 2.49. The highest BCUT2D eigenvalue weighted by Gasteiger charge is 2.03. The Hall–Kier alpha value is -2.12. The maximum atomic E-state index is 11.7. The number of hydrogen-bond acceptors (Lipinski definition) is 5. The van der Waals surface area contributed by atoms with Crippen LogP contribution < -0.4 is 15.4 Å². The van der Waals surface area contributed by atoms with E-state index in [4.69, 9.17) is 9.47 Å². The van der Waals surface area contributed by atoms with Gasteiger partial charge in [0.2, 0.25) is 5.88 Å². The molecular weight excluding hydrogens is 290 g/mol. The first kappa shape index (κ1) is 15.3. The molecule has 2 N–H and O–H groups in total. The van der Waals surface area contributed by atoms with Gasteiger partial charge in [-0.15, -0.1) is 11.3 Å². The minimum absolute atomic E-state index is 0.266. The van der Waals surface area contributed by atoms with Gasteiger partial charge in [-0.05, 0) is 17.5 Å².